The number of carbonyl (C=O) groups is 1. The first-order valence-corrected chi connectivity index (χ1v) is 10.1. The standard InChI is InChI=1S/C20H20N4O3S.ClH/c25-20(14-11-19(24(26)27)28-12-14)22-16-8-6-15(7-9-16)21-18-10-5-13-3-1-2-4-17(13)23-18;/h1-5,10-12,15-16H,6-9H2,(H,21,23)(H,22,25);1H. The number of halogens is 1. The summed E-state index contributed by atoms with van der Waals surface area (Å²) in [5.74, 6) is 0.633. The van der Waals surface area contributed by atoms with Gasteiger partial charge in [-0.1, -0.05) is 29.5 Å². The van der Waals surface area contributed by atoms with Gasteiger partial charge in [-0.25, -0.2) is 4.98 Å². The summed E-state index contributed by atoms with van der Waals surface area (Å²) in [6.07, 6.45) is 3.60. The van der Waals surface area contributed by atoms with Crippen LogP contribution in [0.5, 0.6) is 0 Å². The van der Waals surface area contributed by atoms with Crippen LogP contribution in [-0.4, -0.2) is 27.9 Å². The number of para-hydroxylation sites is 1. The van der Waals surface area contributed by atoms with Gasteiger partial charge in [0.15, 0.2) is 0 Å². The molecule has 0 spiro atoms. The van der Waals surface area contributed by atoms with Gasteiger partial charge in [0, 0.05) is 28.9 Å². The van der Waals surface area contributed by atoms with Crippen LogP contribution in [0, 0.1) is 10.1 Å². The Balaban J connectivity index is 0.00000240. The Morgan fingerprint density at radius 3 is 2.55 bits per heavy atom. The van der Waals surface area contributed by atoms with E-state index < -0.39 is 4.92 Å². The molecule has 1 amide bonds. The van der Waals surface area contributed by atoms with Crippen molar-refractivity contribution in [2.24, 2.45) is 0 Å². The summed E-state index contributed by atoms with van der Waals surface area (Å²) in [5.41, 5.74) is 1.33. The molecule has 1 saturated carbocycles. The van der Waals surface area contributed by atoms with Crippen molar-refractivity contribution in [3.05, 3.63) is 63.5 Å². The average Bonchev–Trinajstić information content (AvgIpc) is 3.20. The van der Waals surface area contributed by atoms with Crippen molar-refractivity contribution in [3.8, 4) is 0 Å². The first kappa shape index (κ1) is 21.0. The van der Waals surface area contributed by atoms with Crippen molar-refractivity contribution in [2.75, 3.05) is 5.32 Å². The van der Waals surface area contributed by atoms with E-state index in [1.807, 2.05) is 30.3 Å². The van der Waals surface area contributed by atoms with E-state index in [9.17, 15) is 14.9 Å². The van der Waals surface area contributed by atoms with Gasteiger partial charge in [-0.15, -0.1) is 12.4 Å². The molecule has 2 aromatic heterocycles. The van der Waals surface area contributed by atoms with E-state index in [4.69, 9.17) is 0 Å². The third-order valence-corrected chi connectivity index (χ3v) is 5.92. The molecular formula is C20H21ClN4O3S. The summed E-state index contributed by atoms with van der Waals surface area (Å²) in [4.78, 5) is 27.2. The SMILES string of the molecule is Cl.O=C(NC1CCC(Nc2ccc3ccccc3n2)CC1)c1csc([N+](=O)[O-])c1. The largest absolute Gasteiger partial charge is 0.367 e. The zero-order valence-corrected chi connectivity index (χ0v) is 17.2. The van der Waals surface area contributed by atoms with Gasteiger partial charge >= 0.3 is 5.00 Å². The van der Waals surface area contributed by atoms with Crippen LogP contribution < -0.4 is 10.6 Å². The van der Waals surface area contributed by atoms with Gasteiger partial charge in [-0.05, 0) is 43.9 Å². The molecule has 1 aliphatic carbocycles. The van der Waals surface area contributed by atoms with Gasteiger partial charge in [0.1, 0.15) is 5.82 Å². The second kappa shape index (κ2) is 9.19. The molecule has 0 saturated heterocycles. The Kier molecular flexibility index (Phi) is 6.66. The summed E-state index contributed by atoms with van der Waals surface area (Å²) >= 11 is 0.973. The van der Waals surface area contributed by atoms with Crippen molar-refractivity contribution in [1.29, 1.82) is 0 Å². The average molecular weight is 433 g/mol. The minimum absolute atomic E-state index is 0. The summed E-state index contributed by atoms with van der Waals surface area (Å²) in [6, 6.07) is 13.8. The predicted octanol–water partition coefficient (Wildman–Crippen LogP) is 4.78. The number of nitrogens with one attached hydrogen (secondary N) is 2. The third-order valence-electron chi connectivity index (χ3n) is 5.04. The lowest BCUT2D eigenvalue weighted by atomic mass is 9.91. The number of hydrogen-bond donors (Lipinski definition) is 2. The number of anilines is 1. The van der Waals surface area contributed by atoms with Crippen molar-refractivity contribution in [1.82, 2.24) is 10.3 Å². The minimum atomic E-state index is -0.473. The topological polar surface area (TPSA) is 97.2 Å². The molecule has 4 rings (SSSR count). The number of rotatable bonds is 5. The Hall–Kier alpha value is -2.71. The van der Waals surface area contributed by atoms with Gasteiger partial charge in [-0.2, -0.15) is 0 Å². The van der Waals surface area contributed by atoms with Crippen molar-refractivity contribution in [3.63, 3.8) is 0 Å². The van der Waals surface area contributed by atoms with Crippen LogP contribution in [0.15, 0.2) is 47.8 Å². The summed E-state index contributed by atoms with van der Waals surface area (Å²) in [6.45, 7) is 0. The smallest absolute Gasteiger partial charge is 0.324 e. The van der Waals surface area contributed by atoms with Crippen LogP contribution in [0.4, 0.5) is 10.8 Å². The molecular weight excluding hydrogens is 412 g/mol. The zero-order valence-electron chi connectivity index (χ0n) is 15.5. The number of fused-ring (bicyclic) bond motifs is 1. The fourth-order valence-corrected chi connectivity index (χ4v) is 4.25. The second-order valence-corrected chi connectivity index (χ2v) is 7.88. The maximum Gasteiger partial charge on any atom is 0.324 e. The van der Waals surface area contributed by atoms with Crippen LogP contribution in [0.2, 0.25) is 0 Å². The van der Waals surface area contributed by atoms with E-state index in [-0.39, 0.29) is 29.4 Å². The molecule has 0 radical (unpaired) electrons. The fourth-order valence-electron chi connectivity index (χ4n) is 3.55. The number of hydrogen-bond acceptors (Lipinski definition) is 6. The van der Waals surface area contributed by atoms with Crippen LogP contribution in [0.1, 0.15) is 36.0 Å². The summed E-state index contributed by atoms with van der Waals surface area (Å²) < 4.78 is 0. The number of benzene rings is 1. The number of pyridine rings is 1. The van der Waals surface area contributed by atoms with E-state index in [0.29, 0.717) is 11.6 Å². The zero-order chi connectivity index (χ0) is 19.5. The van der Waals surface area contributed by atoms with Crippen LogP contribution in [0.3, 0.4) is 0 Å². The van der Waals surface area contributed by atoms with Gasteiger partial charge in [0.2, 0.25) is 0 Å². The second-order valence-electron chi connectivity index (χ2n) is 6.99. The van der Waals surface area contributed by atoms with Crippen molar-refractivity contribution < 1.29 is 9.72 Å². The molecule has 0 unspecified atom stereocenters. The first-order chi connectivity index (χ1) is 13.6. The highest BCUT2D eigenvalue weighted by molar-refractivity contribution is 7.13. The number of amides is 1. The molecule has 0 bridgehead atoms. The Bertz CT molecular complexity index is 1020. The monoisotopic (exact) mass is 432 g/mol. The minimum Gasteiger partial charge on any atom is -0.367 e. The van der Waals surface area contributed by atoms with Gasteiger partial charge in [-0.3, -0.25) is 14.9 Å². The molecule has 9 heteroatoms. The van der Waals surface area contributed by atoms with E-state index in [1.54, 1.807) is 0 Å². The van der Waals surface area contributed by atoms with E-state index >= 15 is 0 Å². The maximum atomic E-state index is 12.3. The van der Waals surface area contributed by atoms with Gasteiger partial charge < -0.3 is 10.6 Å². The molecule has 0 atom stereocenters. The molecule has 3 aromatic rings. The van der Waals surface area contributed by atoms with Crippen LogP contribution >= 0.6 is 23.7 Å². The van der Waals surface area contributed by atoms with Gasteiger partial charge in [0.25, 0.3) is 5.91 Å². The summed E-state index contributed by atoms with van der Waals surface area (Å²) in [7, 11) is 0. The summed E-state index contributed by atoms with van der Waals surface area (Å²) in [5, 5.41) is 19.9. The van der Waals surface area contributed by atoms with Crippen LogP contribution in [0.25, 0.3) is 10.9 Å². The Morgan fingerprint density at radius 1 is 1.10 bits per heavy atom. The number of thiophene rings is 1. The number of aromatic nitrogens is 1. The lowest BCUT2D eigenvalue weighted by molar-refractivity contribution is -0.380. The molecule has 152 valence electrons. The van der Waals surface area contributed by atoms with Crippen molar-refractivity contribution >= 4 is 51.4 Å². The Labute approximate surface area is 178 Å². The van der Waals surface area contributed by atoms with Gasteiger partial charge in [0.05, 0.1) is 16.0 Å². The molecule has 29 heavy (non-hydrogen) atoms. The quantitative estimate of drug-likeness (QED) is 0.446. The molecule has 1 aromatic carbocycles. The third kappa shape index (κ3) is 5.02. The molecule has 0 aliphatic heterocycles. The highest BCUT2D eigenvalue weighted by atomic mass is 35.5. The van der Waals surface area contributed by atoms with Crippen LogP contribution in [-0.2, 0) is 0 Å². The number of nitro groups is 1. The molecule has 7 nitrogen and oxygen atoms in total. The maximum absolute atomic E-state index is 12.3. The van der Waals surface area contributed by atoms with E-state index in [2.05, 4.69) is 21.7 Å². The number of nitrogens with zero attached hydrogens (tertiary/aromatic N) is 2. The molecule has 1 fully saturated rings. The normalized spacial score (nSPS) is 18.6. The van der Waals surface area contributed by atoms with Crippen molar-refractivity contribution in [2.45, 2.75) is 37.8 Å². The fraction of sp³-hybridized carbons (Fsp3) is 0.300. The highest BCUT2D eigenvalue weighted by Crippen LogP contribution is 2.25. The predicted molar refractivity (Wildman–Crippen MR) is 117 cm³/mol. The van der Waals surface area contributed by atoms with E-state index in [0.717, 1.165) is 53.7 Å². The lowest BCUT2D eigenvalue weighted by Crippen LogP contribution is -2.40. The molecule has 2 N–H and O–H groups in total. The van der Waals surface area contributed by atoms with E-state index in [1.165, 1.54) is 11.4 Å². The molecule has 2 heterocycles. The molecule has 1 aliphatic rings. The highest BCUT2D eigenvalue weighted by Gasteiger charge is 2.24. The first-order valence-electron chi connectivity index (χ1n) is 9.24. The lowest BCUT2D eigenvalue weighted by Gasteiger charge is -2.30. The Morgan fingerprint density at radius 2 is 1.83 bits per heavy atom. The number of carbonyl (C=O) groups excluding carboxylic acids is 1.